The van der Waals surface area contributed by atoms with Gasteiger partial charge in [-0.3, -0.25) is 0 Å². The number of anilines is 1. The Morgan fingerprint density at radius 3 is 2.43 bits per heavy atom. The molecule has 0 radical (unpaired) electrons. The highest BCUT2D eigenvalue weighted by molar-refractivity contribution is 9.10. The molecule has 3 heteroatoms. The van der Waals surface area contributed by atoms with E-state index in [-0.39, 0.29) is 6.04 Å². The lowest BCUT2D eigenvalue weighted by atomic mass is 10.0. The summed E-state index contributed by atoms with van der Waals surface area (Å²) in [6, 6.07) is 15.1. The van der Waals surface area contributed by atoms with Crippen LogP contribution in [0.1, 0.15) is 29.7 Å². The molecule has 0 aliphatic rings. The highest BCUT2D eigenvalue weighted by Crippen LogP contribution is 2.32. The molecule has 0 aromatic heterocycles. The van der Waals surface area contributed by atoms with Crippen molar-refractivity contribution in [2.45, 2.75) is 26.8 Å². The van der Waals surface area contributed by atoms with Gasteiger partial charge in [0, 0.05) is 23.2 Å². The van der Waals surface area contributed by atoms with Crippen molar-refractivity contribution in [1.29, 1.82) is 0 Å². The Morgan fingerprint density at radius 2 is 1.86 bits per heavy atom. The second-order valence-electron chi connectivity index (χ2n) is 5.35. The molecule has 2 aromatic rings. The Kier molecular flexibility index (Phi) is 5.43. The average molecular weight is 347 g/mol. The van der Waals surface area contributed by atoms with Gasteiger partial charge in [-0.25, -0.2) is 0 Å². The van der Waals surface area contributed by atoms with Gasteiger partial charge >= 0.3 is 0 Å². The number of para-hydroxylation sites is 1. The van der Waals surface area contributed by atoms with Crippen LogP contribution in [0.3, 0.4) is 0 Å². The highest BCUT2D eigenvalue weighted by atomic mass is 79.9. The molecule has 0 heterocycles. The fourth-order valence-corrected chi connectivity index (χ4v) is 3.53. The van der Waals surface area contributed by atoms with Crippen LogP contribution >= 0.6 is 15.9 Å². The quantitative estimate of drug-likeness (QED) is 0.857. The summed E-state index contributed by atoms with van der Waals surface area (Å²) in [5.74, 6) is 0. The molecule has 0 amide bonds. The van der Waals surface area contributed by atoms with Crippen molar-refractivity contribution in [3.05, 3.63) is 63.6 Å². The van der Waals surface area contributed by atoms with Gasteiger partial charge in [0.25, 0.3) is 0 Å². The number of nitrogens with two attached hydrogens (primary N) is 1. The van der Waals surface area contributed by atoms with E-state index in [4.69, 9.17) is 5.73 Å². The fourth-order valence-electron chi connectivity index (χ4n) is 2.77. The molecule has 0 aliphatic carbocycles. The van der Waals surface area contributed by atoms with Crippen LogP contribution in [-0.2, 0) is 0 Å². The minimum Gasteiger partial charge on any atom is -0.363 e. The van der Waals surface area contributed by atoms with Crippen LogP contribution in [0, 0.1) is 13.8 Å². The van der Waals surface area contributed by atoms with Crippen LogP contribution in [-0.4, -0.2) is 13.1 Å². The Hall–Kier alpha value is -1.32. The molecule has 21 heavy (non-hydrogen) atoms. The van der Waals surface area contributed by atoms with Crippen LogP contribution in [0.4, 0.5) is 5.69 Å². The van der Waals surface area contributed by atoms with E-state index in [9.17, 15) is 0 Å². The van der Waals surface area contributed by atoms with Crippen molar-refractivity contribution in [3.8, 4) is 0 Å². The minimum absolute atomic E-state index is 0.172. The smallest absolute Gasteiger partial charge is 0.0675 e. The Balaban J connectivity index is 2.45. The molecule has 2 rings (SSSR count). The first-order chi connectivity index (χ1) is 10.1. The maximum Gasteiger partial charge on any atom is 0.0675 e. The number of aryl methyl sites for hydroxylation is 2. The van der Waals surface area contributed by atoms with Gasteiger partial charge < -0.3 is 10.6 Å². The molecule has 0 bridgehead atoms. The summed E-state index contributed by atoms with van der Waals surface area (Å²) in [6.45, 7) is 7.94. The lowest BCUT2D eigenvalue weighted by Gasteiger charge is -2.34. The molecule has 2 aromatic carbocycles. The van der Waals surface area contributed by atoms with Crippen LogP contribution in [0.15, 0.2) is 46.9 Å². The molecular weight excluding hydrogens is 324 g/mol. The second-order valence-corrected chi connectivity index (χ2v) is 6.20. The van der Waals surface area contributed by atoms with Crippen molar-refractivity contribution < 1.29 is 0 Å². The van der Waals surface area contributed by atoms with Crippen molar-refractivity contribution in [2.24, 2.45) is 5.73 Å². The van der Waals surface area contributed by atoms with Gasteiger partial charge in [0.1, 0.15) is 0 Å². The number of hydrogen-bond donors (Lipinski definition) is 1. The maximum atomic E-state index is 6.11. The van der Waals surface area contributed by atoms with Gasteiger partial charge in [0.15, 0.2) is 0 Å². The molecule has 0 fully saturated rings. The van der Waals surface area contributed by atoms with Gasteiger partial charge in [-0.1, -0.05) is 46.3 Å². The normalized spacial score (nSPS) is 12.2. The summed E-state index contributed by atoms with van der Waals surface area (Å²) < 4.78 is 1.13. The Bertz CT molecular complexity index is 610. The summed E-state index contributed by atoms with van der Waals surface area (Å²) in [4.78, 5) is 2.38. The summed E-state index contributed by atoms with van der Waals surface area (Å²) in [5, 5.41) is 0. The van der Waals surface area contributed by atoms with E-state index in [1.54, 1.807) is 0 Å². The van der Waals surface area contributed by atoms with E-state index in [0.717, 1.165) is 11.0 Å². The molecule has 0 saturated carbocycles. The topological polar surface area (TPSA) is 29.3 Å². The van der Waals surface area contributed by atoms with E-state index in [0.29, 0.717) is 6.54 Å². The van der Waals surface area contributed by atoms with E-state index in [2.05, 4.69) is 84.1 Å². The number of benzene rings is 2. The van der Waals surface area contributed by atoms with Gasteiger partial charge in [-0.05, 0) is 49.6 Å². The zero-order valence-corrected chi connectivity index (χ0v) is 14.5. The zero-order chi connectivity index (χ0) is 15.4. The second kappa shape index (κ2) is 7.10. The van der Waals surface area contributed by atoms with E-state index in [1.807, 2.05) is 0 Å². The first-order valence-corrected chi connectivity index (χ1v) is 8.16. The Labute approximate surface area is 136 Å². The fraction of sp³-hybridized carbons (Fsp3) is 0.333. The molecule has 1 atom stereocenters. The minimum atomic E-state index is 0.172. The third-order valence-electron chi connectivity index (χ3n) is 3.88. The number of rotatable bonds is 5. The third kappa shape index (κ3) is 3.47. The van der Waals surface area contributed by atoms with E-state index >= 15 is 0 Å². The van der Waals surface area contributed by atoms with Crippen molar-refractivity contribution in [2.75, 3.05) is 18.0 Å². The third-order valence-corrected chi connectivity index (χ3v) is 4.57. The highest BCUT2D eigenvalue weighted by Gasteiger charge is 2.21. The number of likely N-dealkylation sites (N-methyl/N-ethyl adjacent to an activating group) is 1. The maximum absolute atomic E-state index is 6.11. The molecule has 112 valence electrons. The largest absolute Gasteiger partial charge is 0.363 e. The van der Waals surface area contributed by atoms with Gasteiger partial charge in [-0.2, -0.15) is 0 Å². The van der Waals surface area contributed by atoms with E-state index in [1.165, 1.54) is 22.4 Å². The van der Waals surface area contributed by atoms with Crippen LogP contribution < -0.4 is 10.6 Å². The molecular formula is C18H23BrN2. The molecule has 0 aliphatic heterocycles. The van der Waals surface area contributed by atoms with Crippen molar-refractivity contribution in [1.82, 2.24) is 0 Å². The number of nitrogens with zero attached hydrogens (tertiary/aromatic N) is 1. The van der Waals surface area contributed by atoms with Crippen LogP contribution in [0.5, 0.6) is 0 Å². The first-order valence-electron chi connectivity index (χ1n) is 7.36. The number of halogens is 1. The lowest BCUT2D eigenvalue weighted by molar-refractivity contribution is 0.639. The van der Waals surface area contributed by atoms with Crippen LogP contribution in [0.2, 0.25) is 0 Å². The molecule has 2 nitrogen and oxygen atoms in total. The Morgan fingerprint density at radius 1 is 1.14 bits per heavy atom. The summed E-state index contributed by atoms with van der Waals surface area (Å²) in [6.07, 6.45) is 0. The van der Waals surface area contributed by atoms with E-state index < -0.39 is 0 Å². The monoisotopic (exact) mass is 346 g/mol. The van der Waals surface area contributed by atoms with Gasteiger partial charge in [-0.15, -0.1) is 0 Å². The average Bonchev–Trinajstić information content (AvgIpc) is 2.47. The first kappa shape index (κ1) is 16.1. The van der Waals surface area contributed by atoms with Crippen molar-refractivity contribution >= 4 is 21.6 Å². The predicted molar refractivity (Wildman–Crippen MR) is 94.9 cm³/mol. The van der Waals surface area contributed by atoms with Crippen LogP contribution in [0.25, 0.3) is 0 Å². The lowest BCUT2D eigenvalue weighted by Crippen LogP contribution is -2.34. The van der Waals surface area contributed by atoms with Gasteiger partial charge in [0.05, 0.1) is 6.04 Å². The van der Waals surface area contributed by atoms with Crippen molar-refractivity contribution in [3.63, 3.8) is 0 Å². The predicted octanol–water partition coefficient (Wildman–Crippen LogP) is 4.59. The summed E-state index contributed by atoms with van der Waals surface area (Å²) in [5.41, 5.74) is 11.1. The zero-order valence-electron chi connectivity index (χ0n) is 12.9. The number of hydrogen-bond acceptors (Lipinski definition) is 2. The molecule has 2 N–H and O–H groups in total. The molecule has 1 unspecified atom stereocenters. The van der Waals surface area contributed by atoms with Gasteiger partial charge in [0.2, 0.25) is 0 Å². The molecule has 0 saturated heterocycles. The standard InChI is InChI=1S/C18H23BrN2/c1-4-21(17-8-6-5-7-14(17)3)18(12-20)15-10-9-13(2)11-16(15)19/h5-11,18H,4,12,20H2,1-3H3. The SMILES string of the molecule is CCN(c1ccccc1C)C(CN)c1ccc(C)cc1Br. The summed E-state index contributed by atoms with van der Waals surface area (Å²) >= 11 is 3.69. The summed E-state index contributed by atoms with van der Waals surface area (Å²) in [7, 11) is 0. The molecule has 0 spiro atoms.